The largest absolute Gasteiger partial charge is 0.368 e. The summed E-state index contributed by atoms with van der Waals surface area (Å²) in [6.07, 6.45) is 0.931. The minimum atomic E-state index is 0.249. The molecule has 3 rings (SSSR count). The zero-order valence-corrected chi connectivity index (χ0v) is 12.7. The predicted molar refractivity (Wildman–Crippen MR) is 93.7 cm³/mol. The summed E-state index contributed by atoms with van der Waals surface area (Å²) in [4.78, 5) is 8.48. The molecule has 0 saturated carbocycles. The highest BCUT2D eigenvalue weighted by atomic mass is 15.4. The van der Waals surface area contributed by atoms with E-state index in [1.165, 1.54) is 5.56 Å². The number of hydrogen-bond acceptors (Lipinski definition) is 5. The van der Waals surface area contributed by atoms with Crippen molar-refractivity contribution in [2.45, 2.75) is 6.42 Å². The Hall–Kier alpha value is -2.92. The number of hydrogen-bond donors (Lipinski definition) is 3. The van der Waals surface area contributed by atoms with Gasteiger partial charge in [-0.2, -0.15) is 4.98 Å². The number of aromatic nitrogens is 2. The molecule has 0 aliphatic rings. The van der Waals surface area contributed by atoms with Crippen LogP contribution in [0.1, 0.15) is 5.56 Å². The van der Waals surface area contributed by atoms with E-state index in [-0.39, 0.29) is 5.95 Å². The molecular formula is C18H19N5. The lowest BCUT2D eigenvalue weighted by Crippen LogP contribution is -2.25. The quantitative estimate of drug-likeness (QED) is 0.482. The van der Waals surface area contributed by atoms with E-state index in [2.05, 4.69) is 33.0 Å². The number of nitrogens with two attached hydrogens (primary N) is 1. The topological polar surface area (TPSA) is 75.9 Å². The maximum Gasteiger partial charge on any atom is 0.222 e. The molecule has 1 heterocycles. The van der Waals surface area contributed by atoms with Crippen LogP contribution < -0.4 is 16.6 Å². The lowest BCUT2D eigenvalue weighted by Gasteiger charge is -2.10. The first kappa shape index (κ1) is 15.0. The van der Waals surface area contributed by atoms with Crippen molar-refractivity contribution in [1.29, 1.82) is 0 Å². The lowest BCUT2D eigenvalue weighted by molar-refractivity contribution is 0.773. The van der Waals surface area contributed by atoms with Gasteiger partial charge in [-0.3, -0.25) is 0 Å². The number of nitrogens with one attached hydrogen (secondary N) is 2. The van der Waals surface area contributed by atoms with E-state index in [1.54, 1.807) is 0 Å². The van der Waals surface area contributed by atoms with Crippen LogP contribution in [-0.2, 0) is 6.42 Å². The highest BCUT2D eigenvalue weighted by Crippen LogP contribution is 2.19. The minimum Gasteiger partial charge on any atom is -0.368 e. The molecule has 23 heavy (non-hydrogen) atoms. The molecule has 0 radical (unpaired) electrons. The third-order valence-corrected chi connectivity index (χ3v) is 3.41. The smallest absolute Gasteiger partial charge is 0.222 e. The van der Waals surface area contributed by atoms with Crippen LogP contribution in [0.4, 0.5) is 11.8 Å². The van der Waals surface area contributed by atoms with Gasteiger partial charge in [0.15, 0.2) is 0 Å². The van der Waals surface area contributed by atoms with E-state index in [1.807, 2.05) is 54.6 Å². The van der Waals surface area contributed by atoms with E-state index in [4.69, 9.17) is 5.73 Å². The van der Waals surface area contributed by atoms with Crippen molar-refractivity contribution < 1.29 is 0 Å². The molecule has 0 unspecified atom stereocenters. The molecule has 116 valence electrons. The molecule has 0 fully saturated rings. The fourth-order valence-corrected chi connectivity index (χ4v) is 2.29. The third kappa shape index (κ3) is 4.28. The van der Waals surface area contributed by atoms with E-state index >= 15 is 0 Å². The van der Waals surface area contributed by atoms with Crippen molar-refractivity contribution in [3.63, 3.8) is 0 Å². The fraction of sp³-hybridized carbons (Fsp3) is 0.111. The van der Waals surface area contributed by atoms with Crippen LogP contribution in [0.15, 0.2) is 66.7 Å². The van der Waals surface area contributed by atoms with Gasteiger partial charge in [0, 0.05) is 18.2 Å². The Labute approximate surface area is 135 Å². The molecule has 0 saturated heterocycles. The average Bonchev–Trinajstić information content (AvgIpc) is 2.60. The molecule has 4 N–H and O–H groups in total. The molecule has 0 bridgehead atoms. The van der Waals surface area contributed by atoms with Gasteiger partial charge in [-0.05, 0) is 12.0 Å². The van der Waals surface area contributed by atoms with Crippen LogP contribution in [0.3, 0.4) is 0 Å². The van der Waals surface area contributed by atoms with Crippen LogP contribution in [-0.4, -0.2) is 16.5 Å². The van der Waals surface area contributed by atoms with Crippen molar-refractivity contribution in [2.24, 2.45) is 0 Å². The van der Waals surface area contributed by atoms with Gasteiger partial charge < -0.3 is 11.2 Å². The highest BCUT2D eigenvalue weighted by molar-refractivity contribution is 5.63. The first-order valence-corrected chi connectivity index (χ1v) is 7.54. The zero-order valence-electron chi connectivity index (χ0n) is 12.7. The van der Waals surface area contributed by atoms with E-state index in [9.17, 15) is 0 Å². The van der Waals surface area contributed by atoms with Crippen molar-refractivity contribution in [2.75, 3.05) is 17.7 Å². The van der Waals surface area contributed by atoms with E-state index < -0.39 is 0 Å². The molecule has 0 spiro atoms. The van der Waals surface area contributed by atoms with Crippen molar-refractivity contribution in [3.05, 3.63) is 72.3 Å². The Kier molecular flexibility index (Phi) is 4.81. The number of benzene rings is 2. The first-order valence-electron chi connectivity index (χ1n) is 7.54. The Morgan fingerprint density at radius 1 is 0.870 bits per heavy atom. The minimum absolute atomic E-state index is 0.249. The van der Waals surface area contributed by atoms with Gasteiger partial charge in [-0.25, -0.2) is 10.4 Å². The maximum atomic E-state index is 5.80. The van der Waals surface area contributed by atoms with Crippen molar-refractivity contribution in [1.82, 2.24) is 15.4 Å². The fourth-order valence-electron chi connectivity index (χ4n) is 2.29. The molecule has 5 nitrogen and oxygen atoms in total. The number of nitrogens with zero attached hydrogens (tertiary/aromatic N) is 2. The maximum absolute atomic E-state index is 5.80. The summed E-state index contributed by atoms with van der Waals surface area (Å²) in [7, 11) is 0. The van der Waals surface area contributed by atoms with E-state index in [0.29, 0.717) is 5.82 Å². The summed E-state index contributed by atoms with van der Waals surface area (Å²) >= 11 is 0. The van der Waals surface area contributed by atoms with Crippen molar-refractivity contribution >= 4 is 11.8 Å². The molecule has 3 aromatic rings. The van der Waals surface area contributed by atoms with Crippen LogP contribution in [0.2, 0.25) is 0 Å². The molecule has 0 aliphatic carbocycles. The lowest BCUT2D eigenvalue weighted by atomic mass is 10.1. The second-order valence-electron chi connectivity index (χ2n) is 5.15. The highest BCUT2D eigenvalue weighted by Gasteiger charge is 2.04. The molecule has 1 aromatic heterocycles. The Morgan fingerprint density at radius 2 is 1.57 bits per heavy atom. The summed E-state index contributed by atoms with van der Waals surface area (Å²) in [5.74, 6) is 0.906. The van der Waals surface area contributed by atoms with Crippen LogP contribution >= 0.6 is 0 Å². The van der Waals surface area contributed by atoms with Crippen LogP contribution in [0.25, 0.3) is 11.3 Å². The number of rotatable bonds is 6. The van der Waals surface area contributed by atoms with E-state index in [0.717, 1.165) is 24.2 Å². The Morgan fingerprint density at radius 3 is 2.30 bits per heavy atom. The summed E-state index contributed by atoms with van der Waals surface area (Å²) in [5, 5.41) is 0. The molecule has 5 heteroatoms. The summed E-state index contributed by atoms with van der Waals surface area (Å²) < 4.78 is 0. The first-order chi connectivity index (χ1) is 11.3. The molecule has 2 aromatic carbocycles. The summed E-state index contributed by atoms with van der Waals surface area (Å²) in [6.45, 7) is 0.786. The van der Waals surface area contributed by atoms with Crippen molar-refractivity contribution in [3.8, 4) is 11.3 Å². The Balaban J connectivity index is 1.61. The van der Waals surface area contributed by atoms with Gasteiger partial charge in [-0.15, -0.1) is 0 Å². The summed E-state index contributed by atoms with van der Waals surface area (Å²) in [6, 6.07) is 22.1. The van der Waals surface area contributed by atoms with Gasteiger partial charge in [0.25, 0.3) is 0 Å². The molecule has 0 amide bonds. The third-order valence-electron chi connectivity index (χ3n) is 3.41. The average molecular weight is 305 g/mol. The monoisotopic (exact) mass is 305 g/mol. The predicted octanol–water partition coefficient (Wildman–Crippen LogP) is 2.89. The molecule has 0 atom stereocenters. The summed E-state index contributed by atoms with van der Waals surface area (Å²) in [5.41, 5.74) is 15.1. The SMILES string of the molecule is Nc1nc(NNCCc2ccccc2)cc(-c2ccccc2)n1. The van der Waals surface area contributed by atoms with Gasteiger partial charge in [0.2, 0.25) is 5.95 Å². The standard InChI is InChI=1S/C18H19N5/c19-18-21-16(15-9-5-2-6-10-15)13-17(22-18)23-20-12-11-14-7-3-1-4-8-14/h1-10,13,20H,11-12H2,(H3,19,21,22,23). The number of hydrazine groups is 1. The molecule has 0 aliphatic heterocycles. The zero-order chi connectivity index (χ0) is 15.9. The second-order valence-corrected chi connectivity index (χ2v) is 5.15. The van der Waals surface area contributed by atoms with Gasteiger partial charge in [0.05, 0.1) is 5.69 Å². The number of nitrogen functional groups attached to an aromatic ring is 1. The molecular weight excluding hydrogens is 286 g/mol. The van der Waals surface area contributed by atoms with Gasteiger partial charge in [0.1, 0.15) is 5.82 Å². The second kappa shape index (κ2) is 7.38. The normalized spacial score (nSPS) is 10.4. The van der Waals surface area contributed by atoms with Gasteiger partial charge in [-0.1, -0.05) is 60.7 Å². The number of anilines is 2. The van der Waals surface area contributed by atoms with Crippen LogP contribution in [0, 0.1) is 0 Å². The van der Waals surface area contributed by atoms with Crippen LogP contribution in [0.5, 0.6) is 0 Å². The van der Waals surface area contributed by atoms with Gasteiger partial charge >= 0.3 is 0 Å². The Bertz CT molecular complexity index is 744.